The van der Waals surface area contributed by atoms with Gasteiger partial charge in [0, 0.05) is 31.2 Å². The third-order valence-electron chi connectivity index (χ3n) is 6.84. The molecule has 30 heavy (non-hydrogen) atoms. The number of para-hydroxylation sites is 1. The number of aromatic nitrogens is 2. The van der Waals surface area contributed by atoms with Gasteiger partial charge in [-0.05, 0) is 74.7 Å². The van der Waals surface area contributed by atoms with Crippen LogP contribution in [0.1, 0.15) is 18.4 Å². The number of nitrogens with zero attached hydrogens (tertiary/aromatic N) is 4. The van der Waals surface area contributed by atoms with Gasteiger partial charge >= 0.3 is 0 Å². The van der Waals surface area contributed by atoms with E-state index in [0.29, 0.717) is 25.0 Å². The molecular weight excluding hydrogens is 379 g/mol. The van der Waals surface area contributed by atoms with E-state index < -0.39 is 0 Å². The zero-order valence-corrected chi connectivity index (χ0v) is 17.3. The van der Waals surface area contributed by atoms with Crippen molar-refractivity contribution in [2.24, 2.45) is 5.92 Å². The minimum atomic E-state index is -0.257. The molecule has 1 aromatic heterocycles. The van der Waals surface area contributed by atoms with Gasteiger partial charge in [0.25, 0.3) is 0 Å². The maximum absolute atomic E-state index is 13.5. The molecule has 1 amide bonds. The number of halogens is 1. The fourth-order valence-corrected chi connectivity index (χ4v) is 5.22. The van der Waals surface area contributed by atoms with Gasteiger partial charge in [0.2, 0.25) is 6.41 Å². The molecule has 0 saturated carbocycles. The Bertz CT molecular complexity index is 1050. The molecule has 0 radical (unpaired) electrons. The monoisotopic (exact) mass is 406 g/mol. The second-order valence-corrected chi connectivity index (χ2v) is 8.59. The van der Waals surface area contributed by atoms with E-state index in [1.807, 2.05) is 17.0 Å². The van der Waals surface area contributed by atoms with Crippen molar-refractivity contribution in [3.05, 3.63) is 53.8 Å². The second-order valence-electron chi connectivity index (χ2n) is 8.59. The lowest BCUT2D eigenvalue weighted by Crippen LogP contribution is -2.57. The zero-order valence-electron chi connectivity index (χ0n) is 17.3. The molecule has 3 saturated heterocycles. The van der Waals surface area contributed by atoms with Crippen molar-refractivity contribution in [1.29, 1.82) is 0 Å². The summed E-state index contributed by atoms with van der Waals surface area (Å²) in [5.74, 6) is 1.17. The zero-order chi connectivity index (χ0) is 20.7. The molecule has 4 heterocycles. The first kappa shape index (κ1) is 19.2. The molecule has 6 heteroatoms. The van der Waals surface area contributed by atoms with E-state index in [4.69, 9.17) is 4.98 Å². The van der Waals surface area contributed by atoms with Crippen LogP contribution in [0.4, 0.5) is 4.39 Å². The lowest BCUT2D eigenvalue weighted by atomic mass is 9.83. The minimum Gasteiger partial charge on any atom is -0.339 e. The number of hydrogen-bond donors (Lipinski definition) is 0. The topological polar surface area (TPSA) is 41.4 Å². The van der Waals surface area contributed by atoms with Gasteiger partial charge in [-0.25, -0.2) is 9.37 Å². The smallest absolute Gasteiger partial charge is 0.210 e. The van der Waals surface area contributed by atoms with Gasteiger partial charge in [0.1, 0.15) is 11.6 Å². The molecule has 1 unspecified atom stereocenters. The number of imidazole rings is 1. The number of hydrogen-bond acceptors (Lipinski definition) is 3. The summed E-state index contributed by atoms with van der Waals surface area (Å²) in [5, 5.41) is 0. The summed E-state index contributed by atoms with van der Waals surface area (Å²) in [4.78, 5) is 21.3. The van der Waals surface area contributed by atoms with Crippen LogP contribution in [-0.4, -0.2) is 58.0 Å². The van der Waals surface area contributed by atoms with Crippen LogP contribution in [0.5, 0.6) is 0 Å². The number of fused-ring (bicyclic) bond motifs is 4. The Morgan fingerprint density at radius 1 is 1.17 bits per heavy atom. The number of piperidine rings is 3. The maximum Gasteiger partial charge on any atom is 0.210 e. The van der Waals surface area contributed by atoms with Crippen LogP contribution in [0.25, 0.3) is 22.4 Å². The van der Waals surface area contributed by atoms with E-state index in [2.05, 4.69) is 22.5 Å². The van der Waals surface area contributed by atoms with Crippen LogP contribution in [0.3, 0.4) is 0 Å². The van der Waals surface area contributed by atoms with Crippen LogP contribution in [0, 0.1) is 18.7 Å². The molecule has 3 aromatic rings. The fraction of sp³-hybridized carbons (Fsp3) is 0.417. The Morgan fingerprint density at radius 2 is 1.93 bits per heavy atom. The molecule has 2 bridgehead atoms. The first-order valence-corrected chi connectivity index (χ1v) is 10.8. The van der Waals surface area contributed by atoms with Crippen LogP contribution in [0.2, 0.25) is 0 Å². The molecule has 3 aliphatic heterocycles. The van der Waals surface area contributed by atoms with Crippen LogP contribution >= 0.6 is 0 Å². The van der Waals surface area contributed by atoms with Crippen molar-refractivity contribution in [3.63, 3.8) is 0 Å². The van der Waals surface area contributed by atoms with E-state index in [9.17, 15) is 9.18 Å². The molecule has 0 N–H and O–H groups in total. The van der Waals surface area contributed by atoms with Crippen molar-refractivity contribution < 1.29 is 9.18 Å². The average molecular weight is 407 g/mol. The maximum atomic E-state index is 13.5. The van der Waals surface area contributed by atoms with E-state index in [0.717, 1.165) is 54.0 Å². The summed E-state index contributed by atoms with van der Waals surface area (Å²) in [5.41, 5.74) is 4.03. The van der Waals surface area contributed by atoms with Gasteiger partial charge in [0.15, 0.2) is 0 Å². The number of aryl methyl sites for hydroxylation is 1. The highest BCUT2D eigenvalue weighted by molar-refractivity contribution is 5.83. The third-order valence-corrected chi connectivity index (χ3v) is 6.84. The molecule has 6 rings (SSSR count). The Morgan fingerprint density at radius 3 is 2.60 bits per heavy atom. The molecule has 3 fully saturated rings. The predicted octanol–water partition coefficient (Wildman–Crippen LogP) is 3.70. The number of rotatable bonds is 6. The standard InChI is InChI=1S/C24H27FN4O/c1-17-3-2-4-21-23(17)29(24(26-21)19-5-7-20(25)8-6-19)14-13-28(16-30)22-15-27-11-9-18(22)10-12-27/h2-8,16,18,22H,9-15H2,1H3. The predicted molar refractivity (Wildman–Crippen MR) is 116 cm³/mol. The van der Waals surface area contributed by atoms with Crippen molar-refractivity contribution in [2.45, 2.75) is 32.4 Å². The van der Waals surface area contributed by atoms with Gasteiger partial charge < -0.3 is 14.4 Å². The van der Waals surface area contributed by atoms with Crippen LogP contribution in [0.15, 0.2) is 42.5 Å². The summed E-state index contributed by atoms with van der Waals surface area (Å²) in [6.07, 6.45) is 3.39. The minimum absolute atomic E-state index is 0.257. The van der Waals surface area contributed by atoms with Crippen molar-refractivity contribution in [1.82, 2.24) is 19.4 Å². The van der Waals surface area contributed by atoms with Crippen LogP contribution < -0.4 is 0 Å². The molecule has 0 spiro atoms. The van der Waals surface area contributed by atoms with Gasteiger partial charge in [-0.3, -0.25) is 4.79 Å². The number of carbonyl (C=O) groups is 1. The highest BCUT2D eigenvalue weighted by Gasteiger charge is 2.37. The molecule has 5 nitrogen and oxygen atoms in total. The first-order valence-electron chi connectivity index (χ1n) is 10.8. The number of benzene rings is 2. The Kier molecular flexibility index (Phi) is 5.03. The highest BCUT2D eigenvalue weighted by Crippen LogP contribution is 2.31. The number of amides is 1. The molecule has 156 valence electrons. The Hall–Kier alpha value is -2.73. The van der Waals surface area contributed by atoms with Gasteiger partial charge in [-0.1, -0.05) is 12.1 Å². The molecule has 1 atom stereocenters. The summed E-state index contributed by atoms with van der Waals surface area (Å²) in [7, 11) is 0. The van der Waals surface area contributed by atoms with Crippen LogP contribution in [-0.2, 0) is 11.3 Å². The summed E-state index contributed by atoms with van der Waals surface area (Å²) < 4.78 is 15.7. The largest absolute Gasteiger partial charge is 0.339 e. The molecule has 0 aliphatic carbocycles. The van der Waals surface area contributed by atoms with Crippen molar-refractivity contribution in [3.8, 4) is 11.4 Å². The Balaban J connectivity index is 1.47. The second kappa shape index (κ2) is 7.84. The summed E-state index contributed by atoms with van der Waals surface area (Å²) in [6.45, 7) is 6.70. The normalized spacial score (nSPS) is 23.1. The summed E-state index contributed by atoms with van der Waals surface area (Å²) >= 11 is 0. The van der Waals surface area contributed by atoms with Gasteiger partial charge in [-0.15, -0.1) is 0 Å². The van der Waals surface area contributed by atoms with E-state index in [1.165, 1.54) is 25.0 Å². The molecule has 2 aromatic carbocycles. The lowest BCUT2D eigenvalue weighted by Gasteiger charge is -2.48. The fourth-order valence-electron chi connectivity index (χ4n) is 5.22. The van der Waals surface area contributed by atoms with Crippen molar-refractivity contribution in [2.75, 3.05) is 26.2 Å². The van der Waals surface area contributed by atoms with Gasteiger partial charge in [-0.2, -0.15) is 0 Å². The van der Waals surface area contributed by atoms with E-state index >= 15 is 0 Å². The lowest BCUT2D eigenvalue weighted by molar-refractivity contribution is -0.124. The van der Waals surface area contributed by atoms with Gasteiger partial charge in [0.05, 0.1) is 11.0 Å². The molecule has 3 aliphatic rings. The van der Waals surface area contributed by atoms with E-state index in [1.54, 1.807) is 12.1 Å². The third kappa shape index (κ3) is 3.39. The van der Waals surface area contributed by atoms with Crippen molar-refractivity contribution >= 4 is 17.4 Å². The number of carbonyl (C=O) groups excluding carboxylic acids is 1. The average Bonchev–Trinajstić information content (AvgIpc) is 3.15. The SMILES string of the molecule is Cc1cccc2nc(-c3ccc(F)cc3)n(CCN(C=O)C3CN4CCC3CC4)c12. The first-order chi connectivity index (χ1) is 14.6. The summed E-state index contributed by atoms with van der Waals surface area (Å²) in [6, 6.07) is 12.9. The molecular formula is C24H27FN4O. The highest BCUT2D eigenvalue weighted by atomic mass is 19.1. The van der Waals surface area contributed by atoms with E-state index in [-0.39, 0.29) is 5.82 Å². The quantitative estimate of drug-likeness (QED) is 0.586. The Labute approximate surface area is 176 Å².